The number of ketones is 1. The molecule has 0 amide bonds. The first kappa shape index (κ1) is 12.3. The van der Waals surface area contributed by atoms with Crippen molar-refractivity contribution in [1.82, 2.24) is 0 Å². The predicted octanol–water partition coefficient (Wildman–Crippen LogP) is 2.88. The number of carbonyl (C=O) groups excluding carboxylic acids is 1. The summed E-state index contributed by atoms with van der Waals surface area (Å²) < 4.78 is 0. The first-order valence-corrected chi connectivity index (χ1v) is 6.46. The van der Waals surface area contributed by atoms with Gasteiger partial charge < -0.3 is 5.11 Å². The van der Waals surface area contributed by atoms with Gasteiger partial charge in [-0.3, -0.25) is 4.79 Å². The van der Waals surface area contributed by atoms with E-state index in [0.29, 0.717) is 12.8 Å². The van der Waals surface area contributed by atoms with E-state index in [-0.39, 0.29) is 5.78 Å². The summed E-state index contributed by atoms with van der Waals surface area (Å²) in [5.74, 6) is 0.153. The zero-order chi connectivity index (χ0) is 12.1. The van der Waals surface area contributed by atoms with E-state index >= 15 is 0 Å². The summed E-state index contributed by atoms with van der Waals surface area (Å²) in [6.07, 6.45) is 5.63. The van der Waals surface area contributed by atoms with Gasteiger partial charge in [0.15, 0.2) is 0 Å². The maximum atomic E-state index is 11.9. The van der Waals surface area contributed by atoms with Crippen molar-refractivity contribution >= 4 is 5.78 Å². The minimum atomic E-state index is -0.718. The van der Waals surface area contributed by atoms with Gasteiger partial charge in [0.2, 0.25) is 0 Å². The van der Waals surface area contributed by atoms with Crippen LogP contribution < -0.4 is 0 Å². The van der Waals surface area contributed by atoms with E-state index in [1.807, 2.05) is 30.3 Å². The lowest BCUT2D eigenvalue weighted by molar-refractivity contribution is -0.124. The van der Waals surface area contributed by atoms with Crippen LogP contribution in [-0.2, 0) is 11.2 Å². The Hall–Kier alpha value is -1.15. The largest absolute Gasteiger partial charge is 0.389 e. The van der Waals surface area contributed by atoms with E-state index in [9.17, 15) is 9.90 Å². The molecule has 92 valence electrons. The number of rotatable bonds is 4. The van der Waals surface area contributed by atoms with Crippen molar-refractivity contribution in [1.29, 1.82) is 0 Å². The lowest BCUT2D eigenvalue weighted by Gasteiger charge is -2.31. The van der Waals surface area contributed by atoms with Crippen molar-refractivity contribution in [3.8, 4) is 0 Å². The molecule has 2 nitrogen and oxygen atoms in total. The number of hydrogen-bond acceptors (Lipinski definition) is 2. The second-order valence-electron chi connectivity index (χ2n) is 5.16. The van der Waals surface area contributed by atoms with Crippen LogP contribution in [0.15, 0.2) is 30.3 Å². The van der Waals surface area contributed by atoms with Crippen molar-refractivity contribution in [2.24, 2.45) is 0 Å². The molecule has 1 aromatic carbocycles. The average molecular weight is 232 g/mol. The molecule has 1 fully saturated rings. The molecule has 0 radical (unpaired) electrons. The summed E-state index contributed by atoms with van der Waals surface area (Å²) in [6, 6.07) is 9.75. The Morgan fingerprint density at radius 2 is 1.76 bits per heavy atom. The molecule has 0 bridgehead atoms. The molecule has 0 aromatic heterocycles. The van der Waals surface area contributed by atoms with Crippen molar-refractivity contribution in [2.45, 2.75) is 50.5 Å². The van der Waals surface area contributed by atoms with Gasteiger partial charge in [0.1, 0.15) is 5.78 Å². The van der Waals surface area contributed by atoms with Crippen molar-refractivity contribution in [3.05, 3.63) is 35.9 Å². The van der Waals surface area contributed by atoms with Gasteiger partial charge in [0.25, 0.3) is 0 Å². The first-order chi connectivity index (χ1) is 8.18. The third-order valence-electron chi connectivity index (χ3n) is 3.55. The standard InChI is InChI=1S/C15H20O2/c16-14(11-13-7-3-1-4-8-13)12-15(17)9-5-2-6-10-15/h1,3-4,7-8,17H,2,5-6,9-12H2. The molecular weight excluding hydrogens is 212 g/mol. The Morgan fingerprint density at radius 3 is 2.41 bits per heavy atom. The van der Waals surface area contributed by atoms with Crippen LogP contribution >= 0.6 is 0 Å². The maximum Gasteiger partial charge on any atom is 0.140 e. The molecule has 0 saturated heterocycles. The van der Waals surface area contributed by atoms with Crippen molar-refractivity contribution < 1.29 is 9.90 Å². The summed E-state index contributed by atoms with van der Waals surface area (Å²) in [7, 11) is 0. The van der Waals surface area contributed by atoms with Gasteiger partial charge in [-0.1, -0.05) is 49.6 Å². The fourth-order valence-corrected chi connectivity index (χ4v) is 2.64. The molecule has 0 unspecified atom stereocenters. The van der Waals surface area contributed by atoms with Crippen LogP contribution in [0, 0.1) is 0 Å². The number of hydrogen-bond donors (Lipinski definition) is 1. The van der Waals surface area contributed by atoms with Crippen LogP contribution in [0.3, 0.4) is 0 Å². The molecule has 2 rings (SSSR count). The van der Waals surface area contributed by atoms with Gasteiger partial charge in [-0.15, -0.1) is 0 Å². The van der Waals surface area contributed by atoms with E-state index < -0.39 is 5.60 Å². The Bertz CT molecular complexity index is 364. The molecule has 1 saturated carbocycles. The molecule has 0 aliphatic heterocycles. The molecule has 1 aliphatic carbocycles. The highest BCUT2D eigenvalue weighted by molar-refractivity contribution is 5.81. The second-order valence-corrected chi connectivity index (χ2v) is 5.16. The molecular formula is C15H20O2. The zero-order valence-corrected chi connectivity index (χ0v) is 10.2. The minimum Gasteiger partial charge on any atom is -0.389 e. The van der Waals surface area contributed by atoms with E-state index in [4.69, 9.17) is 0 Å². The van der Waals surface area contributed by atoms with E-state index in [0.717, 1.165) is 31.2 Å². The number of carbonyl (C=O) groups is 1. The average Bonchev–Trinajstić information content (AvgIpc) is 2.30. The number of Topliss-reactive ketones (excluding diaryl/α,β-unsaturated/α-hetero) is 1. The molecule has 0 spiro atoms. The Kier molecular flexibility index (Phi) is 3.95. The lowest BCUT2D eigenvalue weighted by atomic mass is 9.81. The van der Waals surface area contributed by atoms with Gasteiger partial charge in [0, 0.05) is 12.8 Å². The van der Waals surface area contributed by atoms with Gasteiger partial charge in [0.05, 0.1) is 5.60 Å². The normalized spacial score (nSPS) is 18.9. The van der Waals surface area contributed by atoms with Crippen molar-refractivity contribution in [3.63, 3.8) is 0 Å². The Labute approximate surface area is 103 Å². The van der Waals surface area contributed by atoms with Crippen LogP contribution in [0.25, 0.3) is 0 Å². The van der Waals surface area contributed by atoms with Crippen LogP contribution in [0.5, 0.6) is 0 Å². The predicted molar refractivity (Wildman–Crippen MR) is 67.8 cm³/mol. The monoisotopic (exact) mass is 232 g/mol. The number of benzene rings is 1. The highest BCUT2D eigenvalue weighted by Crippen LogP contribution is 2.31. The Morgan fingerprint density at radius 1 is 1.12 bits per heavy atom. The smallest absolute Gasteiger partial charge is 0.140 e. The maximum absolute atomic E-state index is 11.9. The third kappa shape index (κ3) is 3.67. The molecule has 2 heteroatoms. The SMILES string of the molecule is O=C(Cc1ccccc1)CC1(O)CCCCC1. The quantitative estimate of drug-likeness (QED) is 0.866. The van der Waals surface area contributed by atoms with Gasteiger partial charge >= 0.3 is 0 Å². The topological polar surface area (TPSA) is 37.3 Å². The minimum absolute atomic E-state index is 0.153. The van der Waals surface area contributed by atoms with E-state index in [1.165, 1.54) is 6.42 Å². The van der Waals surface area contributed by atoms with Gasteiger partial charge in [-0.05, 0) is 18.4 Å². The molecule has 0 atom stereocenters. The zero-order valence-electron chi connectivity index (χ0n) is 10.2. The summed E-state index contributed by atoms with van der Waals surface area (Å²) >= 11 is 0. The highest BCUT2D eigenvalue weighted by Gasteiger charge is 2.31. The van der Waals surface area contributed by atoms with Crippen LogP contribution in [0.2, 0.25) is 0 Å². The Balaban J connectivity index is 1.88. The summed E-state index contributed by atoms with van der Waals surface area (Å²) in [5, 5.41) is 10.3. The molecule has 0 heterocycles. The summed E-state index contributed by atoms with van der Waals surface area (Å²) in [6.45, 7) is 0. The summed E-state index contributed by atoms with van der Waals surface area (Å²) in [5.41, 5.74) is 0.321. The fraction of sp³-hybridized carbons (Fsp3) is 0.533. The number of aliphatic hydroxyl groups is 1. The van der Waals surface area contributed by atoms with Crippen LogP contribution in [-0.4, -0.2) is 16.5 Å². The van der Waals surface area contributed by atoms with Gasteiger partial charge in [-0.2, -0.15) is 0 Å². The van der Waals surface area contributed by atoms with E-state index in [1.54, 1.807) is 0 Å². The van der Waals surface area contributed by atoms with Gasteiger partial charge in [-0.25, -0.2) is 0 Å². The fourth-order valence-electron chi connectivity index (χ4n) is 2.64. The molecule has 1 N–H and O–H groups in total. The van der Waals surface area contributed by atoms with E-state index in [2.05, 4.69) is 0 Å². The lowest BCUT2D eigenvalue weighted by Crippen LogP contribution is -2.34. The molecule has 1 aromatic rings. The second kappa shape index (κ2) is 5.46. The van der Waals surface area contributed by atoms with Crippen LogP contribution in [0.4, 0.5) is 0 Å². The van der Waals surface area contributed by atoms with Crippen LogP contribution in [0.1, 0.15) is 44.1 Å². The highest BCUT2D eigenvalue weighted by atomic mass is 16.3. The molecule has 17 heavy (non-hydrogen) atoms. The van der Waals surface area contributed by atoms with Crippen molar-refractivity contribution in [2.75, 3.05) is 0 Å². The molecule has 1 aliphatic rings. The summed E-state index contributed by atoms with van der Waals surface area (Å²) in [4.78, 5) is 11.9. The first-order valence-electron chi connectivity index (χ1n) is 6.46. The third-order valence-corrected chi connectivity index (χ3v) is 3.55.